The van der Waals surface area contributed by atoms with Gasteiger partial charge in [0.2, 0.25) is 0 Å². The summed E-state index contributed by atoms with van der Waals surface area (Å²) in [5.74, 6) is 0.309. The van der Waals surface area contributed by atoms with Crippen molar-refractivity contribution in [1.29, 1.82) is 5.41 Å². The predicted octanol–water partition coefficient (Wildman–Crippen LogP) is 3.94. The van der Waals surface area contributed by atoms with Gasteiger partial charge in [-0.2, -0.15) is 0 Å². The van der Waals surface area contributed by atoms with Crippen LogP contribution in [0.2, 0.25) is 10.0 Å². The third-order valence-corrected chi connectivity index (χ3v) is 2.68. The lowest BCUT2D eigenvalue weighted by Gasteiger charge is -2.05. The molecule has 15 heavy (non-hydrogen) atoms. The molecule has 0 aliphatic rings. The van der Waals surface area contributed by atoms with Crippen molar-refractivity contribution in [2.75, 3.05) is 6.61 Å². The van der Waals surface area contributed by atoms with E-state index in [4.69, 9.17) is 33.3 Å². The molecule has 1 aromatic rings. The summed E-state index contributed by atoms with van der Waals surface area (Å²) in [4.78, 5) is 0. The Morgan fingerprint density at radius 1 is 1.33 bits per heavy atom. The van der Waals surface area contributed by atoms with Crippen LogP contribution >= 0.6 is 23.2 Å². The second-order valence-corrected chi connectivity index (χ2v) is 3.92. The van der Waals surface area contributed by atoms with Crippen LogP contribution in [-0.4, -0.2) is 12.5 Å². The number of aryl methyl sites for hydroxylation is 1. The van der Waals surface area contributed by atoms with Gasteiger partial charge in [0.15, 0.2) is 5.90 Å². The average molecular weight is 246 g/mol. The van der Waals surface area contributed by atoms with Crippen LogP contribution in [0.5, 0.6) is 0 Å². The molecule has 1 rings (SSSR count). The summed E-state index contributed by atoms with van der Waals surface area (Å²) in [6.07, 6.45) is 1.33. The minimum absolute atomic E-state index is 0.309. The van der Waals surface area contributed by atoms with Gasteiger partial charge in [-0.25, -0.2) is 0 Å². The first-order valence-electron chi connectivity index (χ1n) is 4.77. The van der Waals surface area contributed by atoms with Gasteiger partial charge >= 0.3 is 0 Å². The van der Waals surface area contributed by atoms with E-state index in [1.807, 2.05) is 19.1 Å². The number of hydrogen-bond acceptors (Lipinski definition) is 2. The molecule has 0 aromatic heterocycles. The van der Waals surface area contributed by atoms with Crippen molar-refractivity contribution in [3.05, 3.63) is 33.8 Å². The Labute approximate surface area is 99.7 Å². The van der Waals surface area contributed by atoms with E-state index >= 15 is 0 Å². The Kier molecular flexibility index (Phi) is 4.92. The molecule has 0 radical (unpaired) electrons. The Balaban J connectivity index is 2.51. The van der Waals surface area contributed by atoms with E-state index in [2.05, 4.69) is 0 Å². The number of hydrogen-bond donors (Lipinski definition) is 1. The molecule has 0 aliphatic carbocycles. The lowest BCUT2D eigenvalue weighted by atomic mass is 10.1. The highest BCUT2D eigenvalue weighted by atomic mass is 35.5. The minimum atomic E-state index is 0.309. The van der Waals surface area contributed by atoms with Gasteiger partial charge in [-0.05, 0) is 31.0 Å². The van der Waals surface area contributed by atoms with Crippen molar-refractivity contribution in [2.45, 2.75) is 19.8 Å². The quantitative estimate of drug-likeness (QED) is 0.633. The topological polar surface area (TPSA) is 33.1 Å². The maximum Gasteiger partial charge on any atom is 0.180 e. The van der Waals surface area contributed by atoms with Crippen LogP contribution in [0.3, 0.4) is 0 Å². The zero-order valence-corrected chi connectivity index (χ0v) is 10.0. The Morgan fingerprint density at radius 2 is 2.07 bits per heavy atom. The minimum Gasteiger partial charge on any atom is -0.481 e. The smallest absolute Gasteiger partial charge is 0.180 e. The number of rotatable bonds is 4. The summed E-state index contributed by atoms with van der Waals surface area (Å²) in [5.41, 5.74) is 1.06. The third-order valence-electron chi connectivity index (χ3n) is 1.94. The summed E-state index contributed by atoms with van der Waals surface area (Å²) >= 11 is 11.7. The number of nitrogens with one attached hydrogen (secondary N) is 1. The Hall–Kier alpha value is -0.730. The first-order chi connectivity index (χ1) is 7.13. The van der Waals surface area contributed by atoms with E-state index < -0.39 is 0 Å². The largest absolute Gasteiger partial charge is 0.481 e. The molecule has 0 saturated carbocycles. The summed E-state index contributed by atoms with van der Waals surface area (Å²) in [6, 6.07) is 5.50. The van der Waals surface area contributed by atoms with E-state index in [-0.39, 0.29) is 0 Å². The first-order valence-corrected chi connectivity index (χ1v) is 5.53. The van der Waals surface area contributed by atoms with Crippen molar-refractivity contribution in [3.63, 3.8) is 0 Å². The molecule has 0 atom stereocenters. The number of ether oxygens (including phenoxy) is 1. The molecule has 0 spiro atoms. The summed E-state index contributed by atoms with van der Waals surface area (Å²) < 4.78 is 5.04. The molecule has 0 unspecified atom stereocenters. The maximum absolute atomic E-state index is 7.45. The van der Waals surface area contributed by atoms with Gasteiger partial charge in [0.1, 0.15) is 0 Å². The molecule has 0 aliphatic heterocycles. The van der Waals surface area contributed by atoms with E-state index in [1.165, 1.54) is 0 Å². The van der Waals surface area contributed by atoms with Gasteiger partial charge in [-0.15, -0.1) is 0 Å². The van der Waals surface area contributed by atoms with Crippen molar-refractivity contribution >= 4 is 29.1 Å². The van der Waals surface area contributed by atoms with Crippen LogP contribution in [0.15, 0.2) is 18.2 Å². The molecule has 0 amide bonds. The van der Waals surface area contributed by atoms with Crippen LogP contribution in [0.25, 0.3) is 0 Å². The highest BCUT2D eigenvalue weighted by Crippen LogP contribution is 2.23. The first kappa shape index (κ1) is 12.3. The van der Waals surface area contributed by atoms with Crippen LogP contribution in [0.4, 0.5) is 0 Å². The molecule has 2 nitrogen and oxygen atoms in total. The summed E-state index contributed by atoms with van der Waals surface area (Å²) in [5, 5.41) is 8.56. The third kappa shape index (κ3) is 4.10. The molecule has 0 bridgehead atoms. The van der Waals surface area contributed by atoms with Gasteiger partial charge in [0, 0.05) is 6.42 Å². The lowest BCUT2D eigenvalue weighted by Crippen LogP contribution is -2.04. The van der Waals surface area contributed by atoms with E-state index in [0.717, 1.165) is 12.0 Å². The fraction of sp³-hybridized carbons (Fsp3) is 0.364. The van der Waals surface area contributed by atoms with Gasteiger partial charge in [0.25, 0.3) is 0 Å². The monoisotopic (exact) mass is 245 g/mol. The van der Waals surface area contributed by atoms with E-state index in [1.54, 1.807) is 6.07 Å². The molecule has 0 heterocycles. The maximum atomic E-state index is 7.45. The average Bonchev–Trinajstić information content (AvgIpc) is 2.20. The summed E-state index contributed by atoms with van der Waals surface area (Å²) in [6.45, 7) is 2.41. The molecule has 0 fully saturated rings. The second-order valence-electron chi connectivity index (χ2n) is 3.10. The van der Waals surface area contributed by atoms with Gasteiger partial charge in [-0.3, -0.25) is 5.41 Å². The molecule has 4 heteroatoms. The van der Waals surface area contributed by atoms with Crippen LogP contribution < -0.4 is 0 Å². The van der Waals surface area contributed by atoms with Crippen molar-refractivity contribution < 1.29 is 4.74 Å². The summed E-state index contributed by atoms with van der Waals surface area (Å²) in [7, 11) is 0. The fourth-order valence-electron chi connectivity index (χ4n) is 1.20. The fourth-order valence-corrected chi connectivity index (χ4v) is 1.52. The second kappa shape index (κ2) is 5.99. The highest BCUT2D eigenvalue weighted by molar-refractivity contribution is 6.42. The van der Waals surface area contributed by atoms with E-state index in [9.17, 15) is 0 Å². The van der Waals surface area contributed by atoms with E-state index in [0.29, 0.717) is 29.0 Å². The van der Waals surface area contributed by atoms with Gasteiger partial charge < -0.3 is 4.74 Å². The Morgan fingerprint density at radius 3 is 2.67 bits per heavy atom. The molecule has 1 aromatic carbocycles. The predicted molar refractivity (Wildman–Crippen MR) is 64.1 cm³/mol. The number of halogens is 2. The zero-order chi connectivity index (χ0) is 11.3. The normalized spacial score (nSPS) is 10.1. The van der Waals surface area contributed by atoms with Crippen LogP contribution in [0.1, 0.15) is 18.9 Å². The molecule has 0 saturated heterocycles. The molecule has 1 N–H and O–H groups in total. The van der Waals surface area contributed by atoms with Crippen molar-refractivity contribution in [3.8, 4) is 0 Å². The SMILES string of the molecule is CCOC(=N)CCc1ccc(Cl)c(Cl)c1. The van der Waals surface area contributed by atoms with Crippen molar-refractivity contribution in [1.82, 2.24) is 0 Å². The highest BCUT2D eigenvalue weighted by Gasteiger charge is 2.02. The Bertz CT molecular complexity index is 352. The van der Waals surface area contributed by atoms with Crippen LogP contribution in [0, 0.1) is 5.41 Å². The standard InChI is InChI=1S/C11H13Cl2NO/c1-2-15-11(14)6-4-8-3-5-9(12)10(13)7-8/h3,5,7,14H,2,4,6H2,1H3. The zero-order valence-electron chi connectivity index (χ0n) is 8.52. The van der Waals surface area contributed by atoms with Gasteiger partial charge in [-0.1, -0.05) is 29.3 Å². The van der Waals surface area contributed by atoms with Gasteiger partial charge in [0.05, 0.1) is 16.7 Å². The molecular formula is C11H13Cl2NO. The van der Waals surface area contributed by atoms with Crippen molar-refractivity contribution in [2.24, 2.45) is 0 Å². The lowest BCUT2D eigenvalue weighted by molar-refractivity contribution is 0.314. The molecule has 82 valence electrons. The molecular weight excluding hydrogens is 233 g/mol. The van der Waals surface area contributed by atoms with Crippen LogP contribution in [-0.2, 0) is 11.2 Å². The number of benzene rings is 1.